The fourth-order valence-electron chi connectivity index (χ4n) is 1.60. The normalized spacial score (nSPS) is 13.6. The van der Waals surface area contributed by atoms with Crippen LogP contribution in [-0.2, 0) is 10.2 Å². The number of hydrogen-bond donors (Lipinski definition) is 2. The number of hydrogen-bond acceptors (Lipinski definition) is 3. The second kappa shape index (κ2) is 3.98. The number of carbonyl (C=O) groups is 1. The molecule has 0 amide bonds. The standard InChI is InChI=1S/C11H15NO3/c1-7-5-4-6-12-8(7)11(2,3)9(13)10(14)15/h4-6,9,13H,1-3H3,(H,14,15). The highest BCUT2D eigenvalue weighted by Gasteiger charge is 2.37. The number of rotatable bonds is 3. The third-order valence-corrected chi connectivity index (χ3v) is 2.54. The molecule has 1 heterocycles. The van der Waals surface area contributed by atoms with Crippen molar-refractivity contribution in [1.82, 2.24) is 4.98 Å². The van der Waals surface area contributed by atoms with Gasteiger partial charge >= 0.3 is 5.97 Å². The summed E-state index contributed by atoms with van der Waals surface area (Å²) >= 11 is 0. The number of aryl methyl sites for hydroxylation is 1. The highest BCUT2D eigenvalue weighted by atomic mass is 16.4. The van der Waals surface area contributed by atoms with Gasteiger partial charge in [0.25, 0.3) is 0 Å². The van der Waals surface area contributed by atoms with Crippen LogP contribution in [-0.4, -0.2) is 27.3 Å². The van der Waals surface area contributed by atoms with Crippen molar-refractivity contribution in [2.45, 2.75) is 32.3 Å². The Morgan fingerprint density at radius 2 is 2.13 bits per heavy atom. The highest BCUT2D eigenvalue weighted by molar-refractivity contribution is 5.74. The lowest BCUT2D eigenvalue weighted by Gasteiger charge is -2.28. The smallest absolute Gasteiger partial charge is 0.333 e. The van der Waals surface area contributed by atoms with E-state index in [2.05, 4.69) is 4.98 Å². The Morgan fingerprint density at radius 1 is 1.53 bits per heavy atom. The first-order chi connectivity index (χ1) is 6.87. The Labute approximate surface area is 88.6 Å². The zero-order chi connectivity index (χ0) is 11.6. The summed E-state index contributed by atoms with van der Waals surface area (Å²) in [5.41, 5.74) is 0.597. The van der Waals surface area contributed by atoms with Gasteiger partial charge in [-0.3, -0.25) is 4.98 Å². The van der Waals surface area contributed by atoms with E-state index in [0.717, 1.165) is 5.56 Å². The molecule has 0 saturated heterocycles. The third kappa shape index (κ3) is 2.15. The number of carboxylic acids is 1. The largest absolute Gasteiger partial charge is 0.479 e. The fraction of sp³-hybridized carbons (Fsp3) is 0.455. The van der Waals surface area contributed by atoms with E-state index in [1.165, 1.54) is 0 Å². The van der Waals surface area contributed by atoms with Gasteiger partial charge in [-0.2, -0.15) is 0 Å². The maximum absolute atomic E-state index is 10.8. The molecular formula is C11H15NO3. The maximum Gasteiger partial charge on any atom is 0.333 e. The lowest BCUT2D eigenvalue weighted by molar-refractivity contribution is -0.150. The van der Waals surface area contributed by atoms with Gasteiger partial charge in [0.1, 0.15) is 0 Å². The number of aliphatic hydroxyl groups is 1. The second-order valence-electron chi connectivity index (χ2n) is 4.13. The quantitative estimate of drug-likeness (QED) is 0.782. The summed E-state index contributed by atoms with van der Waals surface area (Å²) < 4.78 is 0. The number of aliphatic hydroxyl groups excluding tert-OH is 1. The summed E-state index contributed by atoms with van der Waals surface area (Å²) in [7, 11) is 0. The molecular weight excluding hydrogens is 194 g/mol. The zero-order valence-corrected chi connectivity index (χ0v) is 9.06. The molecule has 1 aromatic rings. The van der Waals surface area contributed by atoms with Crippen molar-refractivity contribution in [1.29, 1.82) is 0 Å². The van der Waals surface area contributed by atoms with Crippen LogP contribution in [0.4, 0.5) is 0 Å². The molecule has 0 aliphatic carbocycles. The van der Waals surface area contributed by atoms with Gasteiger partial charge in [0, 0.05) is 11.6 Å². The molecule has 4 heteroatoms. The second-order valence-corrected chi connectivity index (χ2v) is 4.13. The summed E-state index contributed by atoms with van der Waals surface area (Å²) in [6.07, 6.45) is 0.143. The highest BCUT2D eigenvalue weighted by Crippen LogP contribution is 2.27. The topological polar surface area (TPSA) is 70.4 Å². The van der Waals surface area contributed by atoms with Gasteiger partial charge < -0.3 is 10.2 Å². The number of aromatic nitrogens is 1. The minimum Gasteiger partial charge on any atom is -0.479 e. The van der Waals surface area contributed by atoms with Gasteiger partial charge in [-0.25, -0.2) is 4.79 Å². The van der Waals surface area contributed by atoms with Gasteiger partial charge in [0.05, 0.1) is 5.69 Å². The van der Waals surface area contributed by atoms with Crippen LogP contribution in [0.1, 0.15) is 25.1 Å². The van der Waals surface area contributed by atoms with Gasteiger partial charge in [-0.15, -0.1) is 0 Å². The predicted octanol–water partition coefficient (Wildman–Crippen LogP) is 1.11. The van der Waals surface area contributed by atoms with E-state index in [1.54, 1.807) is 26.1 Å². The minimum atomic E-state index is -1.45. The third-order valence-electron chi connectivity index (χ3n) is 2.54. The van der Waals surface area contributed by atoms with Crippen LogP contribution in [0.15, 0.2) is 18.3 Å². The van der Waals surface area contributed by atoms with Gasteiger partial charge in [-0.1, -0.05) is 19.9 Å². The molecule has 0 aliphatic rings. The number of nitrogens with zero attached hydrogens (tertiary/aromatic N) is 1. The van der Waals surface area contributed by atoms with Crippen molar-refractivity contribution in [2.75, 3.05) is 0 Å². The first-order valence-corrected chi connectivity index (χ1v) is 4.70. The van der Waals surface area contributed by atoms with E-state index < -0.39 is 17.5 Å². The Kier molecular flexibility index (Phi) is 3.09. The van der Waals surface area contributed by atoms with Crippen LogP contribution in [0, 0.1) is 6.92 Å². The van der Waals surface area contributed by atoms with Crippen molar-refractivity contribution >= 4 is 5.97 Å². The van der Waals surface area contributed by atoms with E-state index in [1.807, 2.05) is 13.0 Å². The van der Waals surface area contributed by atoms with Crippen molar-refractivity contribution in [2.24, 2.45) is 0 Å². The summed E-state index contributed by atoms with van der Waals surface area (Å²) in [4.78, 5) is 14.9. The van der Waals surface area contributed by atoms with Crippen molar-refractivity contribution in [3.8, 4) is 0 Å². The zero-order valence-electron chi connectivity index (χ0n) is 9.06. The molecule has 1 aromatic heterocycles. The molecule has 1 atom stereocenters. The minimum absolute atomic E-state index is 0.611. The number of aliphatic carboxylic acids is 1. The molecule has 0 aliphatic heterocycles. The van der Waals surface area contributed by atoms with Crippen LogP contribution in [0.2, 0.25) is 0 Å². The van der Waals surface area contributed by atoms with Gasteiger partial charge in [0.2, 0.25) is 0 Å². The average Bonchev–Trinajstić information content (AvgIpc) is 2.16. The number of pyridine rings is 1. The van der Waals surface area contributed by atoms with Crippen molar-refractivity contribution in [3.63, 3.8) is 0 Å². The molecule has 0 saturated carbocycles. The van der Waals surface area contributed by atoms with Gasteiger partial charge in [0.15, 0.2) is 6.10 Å². The molecule has 1 rings (SSSR count). The average molecular weight is 209 g/mol. The molecule has 0 bridgehead atoms. The molecule has 0 radical (unpaired) electrons. The molecule has 82 valence electrons. The van der Waals surface area contributed by atoms with Crippen LogP contribution < -0.4 is 0 Å². The monoisotopic (exact) mass is 209 g/mol. The summed E-state index contributed by atoms with van der Waals surface area (Å²) in [5.74, 6) is -1.23. The molecule has 2 N–H and O–H groups in total. The molecule has 0 spiro atoms. The number of carboxylic acid groups (broad SMARTS) is 1. The maximum atomic E-state index is 10.8. The summed E-state index contributed by atoms with van der Waals surface area (Å²) in [6.45, 7) is 5.18. The van der Waals surface area contributed by atoms with Gasteiger partial charge in [-0.05, 0) is 18.6 Å². The van der Waals surface area contributed by atoms with Crippen molar-refractivity contribution in [3.05, 3.63) is 29.6 Å². The lowest BCUT2D eigenvalue weighted by atomic mass is 9.81. The first kappa shape index (κ1) is 11.7. The predicted molar refractivity (Wildman–Crippen MR) is 55.6 cm³/mol. The molecule has 15 heavy (non-hydrogen) atoms. The van der Waals surface area contributed by atoms with E-state index in [-0.39, 0.29) is 0 Å². The Balaban J connectivity index is 3.16. The van der Waals surface area contributed by atoms with Crippen LogP contribution in [0.3, 0.4) is 0 Å². The summed E-state index contributed by atoms with van der Waals surface area (Å²) in [5, 5.41) is 18.4. The van der Waals surface area contributed by atoms with Crippen molar-refractivity contribution < 1.29 is 15.0 Å². The molecule has 4 nitrogen and oxygen atoms in total. The van der Waals surface area contributed by atoms with E-state index in [9.17, 15) is 9.90 Å². The molecule has 1 unspecified atom stereocenters. The van der Waals surface area contributed by atoms with E-state index in [0.29, 0.717) is 5.69 Å². The fourth-order valence-corrected chi connectivity index (χ4v) is 1.60. The summed E-state index contributed by atoms with van der Waals surface area (Å²) in [6, 6.07) is 3.63. The van der Waals surface area contributed by atoms with E-state index >= 15 is 0 Å². The Morgan fingerprint density at radius 3 is 2.60 bits per heavy atom. The Bertz CT molecular complexity index is 374. The van der Waals surface area contributed by atoms with Crippen LogP contribution in [0.25, 0.3) is 0 Å². The Hall–Kier alpha value is -1.42. The molecule has 0 fully saturated rings. The van der Waals surface area contributed by atoms with Crippen LogP contribution in [0.5, 0.6) is 0 Å². The van der Waals surface area contributed by atoms with Crippen LogP contribution >= 0.6 is 0 Å². The first-order valence-electron chi connectivity index (χ1n) is 4.70. The SMILES string of the molecule is Cc1cccnc1C(C)(C)C(O)C(=O)O. The molecule has 0 aromatic carbocycles. The lowest BCUT2D eigenvalue weighted by Crippen LogP contribution is -2.41. The van der Waals surface area contributed by atoms with E-state index in [4.69, 9.17) is 5.11 Å².